The predicted molar refractivity (Wildman–Crippen MR) is 76.8 cm³/mol. The molecule has 0 bridgehead atoms. The monoisotopic (exact) mass is 328 g/mol. The Labute approximate surface area is 125 Å². The lowest BCUT2D eigenvalue weighted by atomic mass is 10.2. The van der Waals surface area contributed by atoms with Gasteiger partial charge in [0.1, 0.15) is 16.3 Å². The minimum absolute atomic E-state index is 0.0116. The topological polar surface area (TPSA) is 113 Å². The van der Waals surface area contributed by atoms with Crippen molar-refractivity contribution in [2.75, 3.05) is 5.73 Å². The Kier molecular flexibility index (Phi) is 4.01. The van der Waals surface area contributed by atoms with Gasteiger partial charge in [0, 0.05) is 0 Å². The van der Waals surface area contributed by atoms with E-state index in [-0.39, 0.29) is 21.4 Å². The summed E-state index contributed by atoms with van der Waals surface area (Å²) in [6.45, 7) is 0. The van der Waals surface area contributed by atoms with Gasteiger partial charge in [-0.25, -0.2) is 0 Å². The van der Waals surface area contributed by atoms with Crippen LogP contribution in [-0.2, 0) is 10.1 Å². The second kappa shape index (κ2) is 5.58. The smallest absolute Gasteiger partial charge is 0.340 e. The summed E-state index contributed by atoms with van der Waals surface area (Å²) in [5.74, 6) is -0.226. The number of nitrogens with zero attached hydrogens (tertiary/aromatic N) is 1. The summed E-state index contributed by atoms with van der Waals surface area (Å²) < 4.78 is 29.0. The van der Waals surface area contributed by atoms with E-state index < -0.39 is 20.7 Å². The second-order valence-corrected chi connectivity index (χ2v) is 5.87. The molecule has 0 saturated carbocycles. The molecule has 0 radical (unpaired) electrons. The molecule has 110 valence electrons. The molecule has 0 amide bonds. The first-order valence-corrected chi connectivity index (χ1v) is 7.33. The van der Waals surface area contributed by atoms with Crippen molar-refractivity contribution in [2.45, 2.75) is 4.90 Å². The van der Waals surface area contributed by atoms with Crippen LogP contribution in [0.3, 0.4) is 0 Å². The van der Waals surface area contributed by atoms with E-state index in [1.807, 2.05) is 0 Å². The summed E-state index contributed by atoms with van der Waals surface area (Å²) in [6, 6.07) is 9.05. The SMILES string of the molecule is Nc1ccc(OS(=O)(=O)c2ccccc2Cl)cc1[N+](=O)[O-]. The highest BCUT2D eigenvalue weighted by atomic mass is 35.5. The molecule has 2 aromatic carbocycles. The average Bonchev–Trinajstić information content (AvgIpc) is 2.40. The van der Waals surface area contributed by atoms with E-state index in [9.17, 15) is 18.5 Å². The maximum atomic E-state index is 12.1. The quantitative estimate of drug-likeness (QED) is 0.399. The van der Waals surface area contributed by atoms with Crippen LogP contribution in [0.5, 0.6) is 5.75 Å². The van der Waals surface area contributed by atoms with Gasteiger partial charge in [-0.2, -0.15) is 8.42 Å². The molecule has 21 heavy (non-hydrogen) atoms. The number of halogens is 1. The highest BCUT2D eigenvalue weighted by molar-refractivity contribution is 7.87. The first-order chi connectivity index (χ1) is 9.81. The fourth-order valence-electron chi connectivity index (χ4n) is 1.55. The molecule has 2 N–H and O–H groups in total. The van der Waals surface area contributed by atoms with Gasteiger partial charge >= 0.3 is 10.1 Å². The molecule has 0 heterocycles. The van der Waals surface area contributed by atoms with Crippen LogP contribution in [-0.4, -0.2) is 13.3 Å². The number of benzene rings is 2. The molecule has 9 heteroatoms. The van der Waals surface area contributed by atoms with Gasteiger partial charge in [0.15, 0.2) is 0 Å². The maximum absolute atomic E-state index is 12.1. The molecule has 0 atom stereocenters. The fraction of sp³-hybridized carbons (Fsp3) is 0. The van der Waals surface area contributed by atoms with Crippen LogP contribution < -0.4 is 9.92 Å². The summed E-state index contributed by atoms with van der Waals surface area (Å²) in [6.07, 6.45) is 0. The highest BCUT2D eigenvalue weighted by Gasteiger charge is 2.21. The van der Waals surface area contributed by atoms with Crippen LogP contribution in [0.4, 0.5) is 11.4 Å². The lowest BCUT2D eigenvalue weighted by Gasteiger charge is -2.08. The van der Waals surface area contributed by atoms with Crippen LogP contribution in [0.2, 0.25) is 5.02 Å². The van der Waals surface area contributed by atoms with Crippen molar-refractivity contribution in [1.29, 1.82) is 0 Å². The number of nitro benzene ring substituents is 1. The van der Waals surface area contributed by atoms with Crippen molar-refractivity contribution in [3.05, 3.63) is 57.6 Å². The van der Waals surface area contributed by atoms with Crippen LogP contribution >= 0.6 is 11.6 Å². The Hall–Kier alpha value is -2.32. The van der Waals surface area contributed by atoms with Crippen molar-refractivity contribution < 1.29 is 17.5 Å². The van der Waals surface area contributed by atoms with Gasteiger partial charge in [0.25, 0.3) is 5.69 Å². The third kappa shape index (κ3) is 3.23. The standard InChI is InChI=1S/C12H9ClN2O5S/c13-9-3-1-2-4-12(9)21(18,19)20-8-5-6-10(14)11(7-8)15(16)17/h1-7H,14H2. The number of rotatable bonds is 4. The number of hydrogen-bond donors (Lipinski definition) is 1. The van der Waals surface area contributed by atoms with Gasteiger partial charge in [-0.3, -0.25) is 10.1 Å². The lowest BCUT2D eigenvalue weighted by Crippen LogP contribution is -2.10. The molecule has 0 saturated heterocycles. The Bertz CT molecular complexity index is 807. The number of hydrogen-bond acceptors (Lipinski definition) is 6. The highest BCUT2D eigenvalue weighted by Crippen LogP contribution is 2.29. The van der Waals surface area contributed by atoms with Gasteiger partial charge in [-0.1, -0.05) is 23.7 Å². The normalized spacial score (nSPS) is 11.1. The molecular formula is C12H9ClN2O5S. The van der Waals surface area contributed by atoms with E-state index in [0.717, 1.165) is 6.07 Å². The van der Waals surface area contributed by atoms with E-state index in [4.69, 9.17) is 21.5 Å². The molecule has 0 fully saturated rings. The van der Waals surface area contributed by atoms with E-state index in [0.29, 0.717) is 0 Å². The zero-order valence-corrected chi connectivity index (χ0v) is 12.0. The third-order valence-corrected chi connectivity index (χ3v) is 4.26. The van der Waals surface area contributed by atoms with Crippen LogP contribution in [0, 0.1) is 10.1 Å². The molecule has 0 aliphatic carbocycles. The Morgan fingerprint density at radius 3 is 2.48 bits per heavy atom. The fourth-order valence-corrected chi connectivity index (χ4v) is 2.97. The molecule has 0 spiro atoms. The molecule has 0 unspecified atom stereocenters. The van der Waals surface area contributed by atoms with Crippen LogP contribution in [0.15, 0.2) is 47.4 Å². The van der Waals surface area contributed by atoms with Crippen molar-refractivity contribution in [2.24, 2.45) is 0 Å². The third-order valence-electron chi connectivity index (χ3n) is 2.51. The van der Waals surface area contributed by atoms with Gasteiger partial charge < -0.3 is 9.92 Å². The molecule has 0 aromatic heterocycles. The first-order valence-electron chi connectivity index (χ1n) is 5.54. The summed E-state index contributed by atoms with van der Waals surface area (Å²) in [4.78, 5) is 9.80. The summed E-state index contributed by atoms with van der Waals surface area (Å²) in [7, 11) is -4.19. The summed E-state index contributed by atoms with van der Waals surface area (Å²) in [5, 5.41) is 10.8. The van der Waals surface area contributed by atoms with Crippen LogP contribution in [0.25, 0.3) is 0 Å². The number of nitrogen functional groups attached to an aromatic ring is 1. The number of nitro groups is 1. The van der Waals surface area contributed by atoms with Gasteiger partial charge in [0.05, 0.1) is 16.0 Å². The lowest BCUT2D eigenvalue weighted by molar-refractivity contribution is -0.383. The second-order valence-electron chi connectivity index (χ2n) is 3.95. The zero-order chi connectivity index (χ0) is 15.6. The molecule has 0 aliphatic rings. The van der Waals surface area contributed by atoms with Crippen molar-refractivity contribution in [3.8, 4) is 5.75 Å². The van der Waals surface area contributed by atoms with Gasteiger partial charge in [0.2, 0.25) is 0 Å². The first kappa shape index (κ1) is 15.1. The minimum atomic E-state index is -4.19. The van der Waals surface area contributed by atoms with E-state index in [1.165, 1.54) is 30.3 Å². The van der Waals surface area contributed by atoms with E-state index >= 15 is 0 Å². The minimum Gasteiger partial charge on any atom is -0.393 e. The van der Waals surface area contributed by atoms with Crippen molar-refractivity contribution in [3.63, 3.8) is 0 Å². The Balaban J connectivity index is 2.40. The van der Waals surface area contributed by atoms with E-state index in [1.54, 1.807) is 6.07 Å². The molecule has 7 nitrogen and oxygen atoms in total. The Morgan fingerprint density at radius 1 is 1.19 bits per heavy atom. The van der Waals surface area contributed by atoms with Crippen molar-refractivity contribution in [1.82, 2.24) is 0 Å². The number of nitrogens with two attached hydrogens (primary N) is 1. The maximum Gasteiger partial charge on any atom is 0.340 e. The summed E-state index contributed by atoms with van der Waals surface area (Å²) >= 11 is 5.79. The van der Waals surface area contributed by atoms with E-state index in [2.05, 4.69) is 0 Å². The predicted octanol–water partition coefficient (Wildman–Crippen LogP) is 2.60. The average molecular weight is 329 g/mol. The zero-order valence-electron chi connectivity index (χ0n) is 10.4. The number of anilines is 1. The van der Waals surface area contributed by atoms with Crippen molar-refractivity contribution >= 4 is 33.1 Å². The molecular weight excluding hydrogens is 320 g/mol. The largest absolute Gasteiger partial charge is 0.393 e. The molecule has 0 aliphatic heterocycles. The summed E-state index contributed by atoms with van der Waals surface area (Å²) in [5.41, 5.74) is 4.88. The van der Waals surface area contributed by atoms with Gasteiger partial charge in [-0.15, -0.1) is 0 Å². The Morgan fingerprint density at radius 2 is 1.86 bits per heavy atom. The molecule has 2 aromatic rings. The van der Waals surface area contributed by atoms with Crippen LogP contribution in [0.1, 0.15) is 0 Å². The molecule has 2 rings (SSSR count). The van der Waals surface area contributed by atoms with Gasteiger partial charge in [-0.05, 0) is 24.3 Å².